The Morgan fingerprint density at radius 3 is 2.50 bits per heavy atom. The molecule has 0 aliphatic carbocycles. The lowest BCUT2D eigenvalue weighted by Gasteiger charge is -1.97. The highest BCUT2D eigenvalue weighted by Gasteiger charge is 1.87. The molecule has 0 aromatic carbocycles. The van der Waals surface area contributed by atoms with Crippen LogP contribution in [0.1, 0.15) is 20.8 Å². The fourth-order valence-corrected chi connectivity index (χ4v) is 1.03. The first kappa shape index (κ1) is 8.09. The molecule has 0 spiro atoms. The number of hydrogen-bond donors (Lipinski definition) is 0. The first-order valence-electron chi connectivity index (χ1n) is 3.00. The molecule has 0 aromatic rings. The van der Waals surface area contributed by atoms with Crippen LogP contribution in [0.4, 0.5) is 0 Å². The molecule has 0 amide bonds. The predicted molar refractivity (Wildman–Crippen MR) is 42.4 cm³/mol. The van der Waals surface area contributed by atoms with Crippen molar-refractivity contribution < 1.29 is 0 Å². The number of thioether (sulfide) groups is 1. The van der Waals surface area contributed by atoms with Crippen molar-refractivity contribution in [3.05, 3.63) is 12.2 Å². The first-order valence-corrected chi connectivity index (χ1v) is 4.05. The van der Waals surface area contributed by atoms with Gasteiger partial charge in [0, 0.05) is 5.75 Å². The average Bonchev–Trinajstić information content (AvgIpc) is 1.66. The maximum atomic E-state index is 2.22. The number of rotatable bonds is 3. The zero-order valence-electron chi connectivity index (χ0n) is 5.85. The van der Waals surface area contributed by atoms with Crippen LogP contribution in [-0.2, 0) is 0 Å². The van der Waals surface area contributed by atoms with Gasteiger partial charge in [-0.2, -0.15) is 11.8 Å². The highest BCUT2D eigenvalue weighted by atomic mass is 32.2. The van der Waals surface area contributed by atoms with Crippen LogP contribution in [0.25, 0.3) is 0 Å². The normalized spacial score (nSPS) is 11.5. The molecule has 0 N–H and O–H groups in total. The van der Waals surface area contributed by atoms with Crippen molar-refractivity contribution in [1.82, 2.24) is 0 Å². The summed E-state index contributed by atoms with van der Waals surface area (Å²) >= 11 is 1.97. The Hall–Kier alpha value is 0.0900. The highest BCUT2D eigenvalue weighted by molar-refractivity contribution is 7.99. The predicted octanol–water partition coefficient (Wildman–Crippen LogP) is 2.70. The maximum Gasteiger partial charge on any atom is 0.0115 e. The lowest BCUT2D eigenvalue weighted by Crippen LogP contribution is -1.85. The van der Waals surface area contributed by atoms with Gasteiger partial charge in [0.2, 0.25) is 0 Å². The summed E-state index contributed by atoms with van der Waals surface area (Å²) in [6, 6.07) is 0. The van der Waals surface area contributed by atoms with Crippen molar-refractivity contribution in [2.45, 2.75) is 26.0 Å². The summed E-state index contributed by atoms with van der Waals surface area (Å²) in [5.41, 5.74) is 0. The standard InChI is InChI=1S/C7H14S/c1-4-5-6-8-7(2)3/h4-5,7H,6H2,1-3H3/b5-4-. The minimum absolute atomic E-state index is 0.770. The summed E-state index contributed by atoms with van der Waals surface area (Å²) in [6.07, 6.45) is 4.28. The molecule has 0 nitrogen and oxygen atoms in total. The molecule has 1 heteroatoms. The van der Waals surface area contributed by atoms with Gasteiger partial charge >= 0.3 is 0 Å². The average molecular weight is 130 g/mol. The largest absolute Gasteiger partial charge is 0.155 e. The fourth-order valence-electron chi connectivity index (χ4n) is 0.344. The smallest absolute Gasteiger partial charge is 0.0115 e. The Balaban J connectivity index is 2.93. The summed E-state index contributed by atoms with van der Waals surface area (Å²) in [7, 11) is 0. The number of allylic oxidation sites excluding steroid dienone is 1. The molecule has 0 radical (unpaired) electrons. The third-order valence-electron chi connectivity index (χ3n) is 0.761. The van der Waals surface area contributed by atoms with E-state index in [0.29, 0.717) is 0 Å². The Kier molecular flexibility index (Phi) is 5.29. The van der Waals surface area contributed by atoms with Crippen LogP contribution in [0, 0.1) is 0 Å². The van der Waals surface area contributed by atoms with E-state index in [0.717, 1.165) is 11.0 Å². The van der Waals surface area contributed by atoms with Gasteiger partial charge in [-0.1, -0.05) is 26.0 Å². The van der Waals surface area contributed by atoms with Gasteiger partial charge < -0.3 is 0 Å². The monoisotopic (exact) mass is 130 g/mol. The quantitative estimate of drug-likeness (QED) is 0.529. The Labute approximate surface area is 56.4 Å². The maximum absolute atomic E-state index is 2.22. The topological polar surface area (TPSA) is 0 Å². The van der Waals surface area contributed by atoms with Gasteiger partial charge in [0.25, 0.3) is 0 Å². The molecule has 0 heterocycles. The van der Waals surface area contributed by atoms with E-state index in [1.165, 1.54) is 0 Å². The molecule has 0 unspecified atom stereocenters. The molecule has 0 saturated carbocycles. The molecule has 0 saturated heterocycles. The summed E-state index contributed by atoms with van der Waals surface area (Å²) in [5, 5.41) is 0.770. The van der Waals surface area contributed by atoms with Crippen molar-refractivity contribution in [3.63, 3.8) is 0 Å². The first-order chi connectivity index (χ1) is 3.77. The molecule has 0 aliphatic heterocycles. The van der Waals surface area contributed by atoms with E-state index in [1.54, 1.807) is 0 Å². The molecule has 0 aromatic heterocycles. The van der Waals surface area contributed by atoms with E-state index in [1.807, 2.05) is 11.8 Å². The van der Waals surface area contributed by atoms with Gasteiger partial charge in [0.05, 0.1) is 0 Å². The second-order valence-corrected chi connectivity index (χ2v) is 3.56. The molecular formula is C7H14S. The van der Waals surface area contributed by atoms with Crippen molar-refractivity contribution in [2.75, 3.05) is 5.75 Å². The second-order valence-electron chi connectivity index (χ2n) is 1.95. The molecule has 0 atom stereocenters. The molecule has 0 bridgehead atoms. The highest BCUT2D eigenvalue weighted by Crippen LogP contribution is 2.07. The Morgan fingerprint density at radius 2 is 2.12 bits per heavy atom. The summed E-state index contributed by atoms with van der Waals surface area (Å²) < 4.78 is 0. The van der Waals surface area contributed by atoms with Gasteiger partial charge in [-0.15, -0.1) is 0 Å². The van der Waals surface area contributed by atoms with Crippen LogP contribution < -0.4 is 0 Å². The summed E-state index contributed by atoms with van der Waals surface area (Å²) in [4.78, 5) is 0. The van der Waals surface area contributed by atoms with E-state index in [4.69, 9.17) is 0 Å². The minimum Gasteiger partial charge on any atom is -0.155 e. The Bertz CT molecular complexity index is 64.8. The summed E-state index contributed by atoms with van der Waals surface area (Å²) in [5.74, 6) is 1.16. The third-order valence-corrected chi connectivity index (χ3v) is 1.81. The van der Waals surface area contributed by atoms with Crippen molar-refractivity contribution >= 4 is 11.8 Å². The van der Waals surface area contributed by atoms with Gasteiger partial charge in [0.15, 0.2) is 0 Å². The van der Waals surface area contributed by atoms with Crippen molar-refractivity contribution in [2.24, 2.45) is 0 Å². The molecular weight excluding hydrogens is 116 g/mol. The zero-order valence-corrected chi connectivity index (χ0v) is 6.66. The van der Waals surface area contributed by atoms with E-state index in [2.05, 4.69) is 32.9 Å². The summed E-state index contributed by atoms with van der Waals surface area (Å²) in [6.45, 7) is 6.49. The van der Waals surface area contributed by atoms with Gasteiger partial charge in [-0.3, -0.25) is 0 Å². The van der Waals surface area contributed by atoms with Crippen molar-refractivity contribution in [3.8, 4) is 0 Å². The SMILES string of the molecule is C/C=C\CSC(C)C. The van der Waals surface area contributed by atoms with E-state index in [9.17, 15) is 0 Å². The van der Waals surface area contributed by atoms with E-state index < -0.39 is 0 Å². The van der Waals surface area contributed by atoms with Crippen LogP contribution in [-0.4, -0.2) is 11.0 Å². The Morgan fingerprint density at radius 1 is 1.50 bits per heavy atom. The zero-order chi connectivity index (χ0) is 6.41. The van der Waals surface area contributed by atoms with Crippen LogP contribution in [0.2, 0.25) is 0 Å². The molecule has 0 fully saturated rings. The number of hydrogen-bond acceptors (Lipinski definition) is 1. The van der Waals surface area contributed by atoms with E-state index in [-0.39, 0.29) is 0 Å². The van der Waals surface area contributed by atoms with Gasteiger partial charge in [0.1, 0.15) is 0 Å². The van der Waals surface area contributed by atoms with Gasteiger partial charge in [-0.25, -0.2) is 0 Å². The van der Waals surface area contributed by atoms with Crippen LogP contribution in [0.15, 0.2) is 12.2 Å². The molecule has 8 heavy (non-hydrogen) atoms. The van der Waals surface area contributed by atoms with E-state index >= 15 is 0 Å². The lowest BCUT2D eigenvalue weighted by molar-refractivity contribution is 1.11. The van der Waals surface area contributed by atoms with Crippen LogP contribution >= 0.6 is 11.8 Å². The third kappa shape index (κ3) is 6.09. The van der Waals surface area contributed by atoms with Crippen LogP contribution in [0.5, 0.6) is 0 Å². The molecule has 0 aliphatic rings. The van der Waals surface area contributed by atoms with Crippen molar-refractivity contribution in [1.29, 1.82) is 0 Å². The fraction of sp³-hybridized carbons (Fsp3) is 0.714. The van der Waals surface area contributed by atoms with Gasteiger partial charge in [-0.05, 0) is 12.2 Å². The lowest BCUT2D eigenvalue weighted by atomic mass is 10.6. The van der Waals surface area contributed by atoms with Crippen LogP contribution in [0.3, 0.4) is 0 Å². The molecule has 0 rings (SSSR count). The molecule has 48 valence electrons. The minimum atomic E-state index is 0.770. The second kappa shape index (κ2) is 5.23.